The van der Waals surface area contributed by atoms with E-state index in [1.54, 1.807) is 0 Å². The van der Waals surface area contributed by atoms with Crippen LogP contribution in [0.2, 0.25) is 0 Å². The lowest BCUT2D eigenvalue weighted by molar-refractivity contribution is 0.0566. The first kappa shape index (κ1) is 4.76. The molecule has 0 bridgehead atoms. The summed E-state index contributed by atoms with van der Waals surface area (Å²) in [5, 5.41) is 15.7. The van der Waals surface area contributed by atoms with E-state index in [9.17, 15) is 9.90 Å². The zero-order valence-electron chi connectivity index (χ0n) is 3.70. The predicted molar refractivity (Wildman–Crippen MR) is 19.3 cm³/mol. The number of nitrogens with zero attached hydrogens (tertiary/aromatic N) is 2. The maximum Gasteiger partial charge on any atom is 0.409 e. The third kappa shape index (κ3) is 0.651. The van der Waals surface area contributed by atoms with Gasteiger partial charge >= 0.3 is 5.97 Å². The maximum atomic E-state index is 9.79. The highest BCUT2D eigenvalue weighted by atomic mass is 16.5. The van der Waals surface area contributed by atoms with Crippen molar-refractivity contribution < 1.29 is 14.4 Å². The van der Waals surface area contributed by atoms with Crippen LogP contribution in [0.15, 0.2) is 10.8 Å². The summed E-state index contributed by atoms with van der Waals surface area (Å²) in [6, 6.07) is 0. The minimum Gasteiger partial charge on any atom is -0.345 e. The predicted octanol–water partition coefficient (Wildman–Crippen LogP) is -0.360. The van der Waals surface area contributed by atoms with Crippen molar-refractivity contribution in [2.24, 2.45) is 0 Å². The Morgan fingerprint density at radius 1 is 1.75 bits per heavy atom. The molecule has 0 saturated carbocycles. The number of carbonyl (C=O) groups is 1. The molecule has 0 spiro atoms. The lowest BCUT2D eigenvalue weighted by Crippen LogP contribution is -1.92. The smallest absolute Gasteiger partial charge is 0.345 e. The first-order valence-corrected chi connectivity index (χ1v) is 1.79. The highest BCUT2D eigenvalue weighted by molar-refractivity contribution is 5.83. The third-order valence-corrected chi connectivity index (χ3v) is 0.569. The Hall–Kier alpha value is -1.39. The Morgan fingerprint density at radius 3 is 2.75 bits per heavy atom. The van der Waals surface area contributed by atoms with E-state index in [2.05, 4.69) is 14.9 Å². The molecule has 5 heteroatoms. The van der Waals surface area contributed by atoms with Crippen molar-refractivity contribution in [3.63, 3.8) is 0 Å². The molecule has 0 amide bonds. The first-order chi connectivity index (χ1) is 3.80. The third-order valence-electron chi connectivity index (χ3n) is 0.569. The summed E-state index contributed by atoms with van der Waals surface area (Å²) in [4.78, 5) is 9.79. The molecule has 0 aliphatic carbocycles. The molecule has 0 N–H and O–H groups in total. The molecule has 41 valence electrons. The number of carbonyl (C=O) groups excluding carboxylic acids is 1. The van der Waals surface area contributed by atoms with Crippen LogP contribution in [0, 0.1) is 0 Å². The van der Waals surface area contributed by atoms with Crippen molar-refractivity contribution in [2.45, 2.75) is 0 Å². The molecule has 1 radical (unpaired) electrons. The summed E-state index contributed by atoms with van der Waals surface area (Å²) in [5.41, 5.74) is -0.287. The van der Waals surface area contributed by atoms with Gasteiger partial charge in [-0.3, -0.25) is 0 Å². The van der Waals surface area contributed by atoms with Crippen LogP contribution in [0.25, 0.3) is 0 Å². The van der Waals surface area contributed by atoms with E-state index in [-0.39, 0.29) is 5.69 Å². The molecule has 1 aromatic heterocycles. The fourth-order valence-corrected chi connectivity index (χ4v) is 0.254. The van der Waals surface area contributed by atoms with Gasteiger partial charge in [0.05, 0.1) is 0 Å². The second kappa shape index (κ2) is 1.61. The summed E-state index contributed by atoms with van der Waals surface area (Å²) in [6.07, 6.45) is 0.898. The molecular formula is C3HN2O3. The number of hydrogen-bond acceptors (Lipinski definition) is 4. The Labute approximate surface area is 43.9 Å². The largest absolute Gasteiger partial charge is 0.409 e. The highest BCUT2D eigenvalue weighted by Crippen LogP contribution is 1.88. The summed E-state index contributed by atoms with van der Waals surface area (Å²) in [5.74, 6) is -1.38. The molecule has 0 unspecified atom stereocenters. The van der Waals surface area contributed by atoms with Gasteiger partial charge in [-0.2, -0.15) is 0 Å². The fourth-order valence-electron chi connectivity index (χ4n) is 0.254. The van der Waals surface area contributed by atoms with Crippen LogP contribution in [0.4, 0.5) is 0 Å². The number of hydrogen-bond donors (Lipinski definition) is 0. The first-order valence-electron chi connectivity index (χ1n) is 1.79. The lowest BCUT2D eigenvalue weighted by atomic mass is 10.5. The SMILES string of the molecule is [O]C(=O)c1conn1. The standard InChI is InChI=1S/C3HN2O3/c6-3(7)2-1-8-5-4-2/h1H. The van der Waals surface area contributed by atoms with Gasteiger partial charge in [-0.05, 0) is 0 Å². The minimum absolute atomic E-state index is 0.287. The van der Waals surface area contributed by atoms with Crippen LogP contribution in [-0.2, 0) is 5.11 Å². The summed E-state index contributed by atoms with van der Waals surface area (Å²) in [7, 11) is 0. The second-order valence-corrected chi connectivity index (χ2v) is 1.08. The van der Waals surface area contributed by atoms with Crippen LogP contribution in [0.5, 0.6) is 0 Å². The molecule has 0 saturated heterocycles. The van der Waals surface area contributed by atoms with Gasteiger partial charge in [0.25, 0.3) is 0 Å². The Bertz CT molecular complexity index is 180. The normalized spacial score (nSPS) is 9.00. The van der Waals surface area contributed by atoms with Gasteiger partial charge in [-0.15, -0.1) is 5.10 Å². The Kier molecular flexibility index (Phi) is 0.957. The van der Waals surface area contributed by atoms with Crippen LogP contribution in [-0.4, -0.2) is 16.3 Å². The van der Waals surface area contributed by atoms with Crippen molar-refractivity contribution in [1.82, 2.24) is 10.4 Å². The quantitative estimate of drug-likeness (QED) is 0.498. The molecule has 8 heavy (non-hydrogen) atoms. The van der Waals surface area contributed by atoms with E-state index in [1.807, 2.05) is 0 Å². The van der Waals surface area contributed by atoms with Gasteiger partial charge < -0.3 is 4.52 Å². The van der Waals surface area contributed by atoms with Gasteiger partial charge in [0.1, 0.15) is 0 Å². The molecule has 5 nitrogen and oxygen atoms in total. The van der Waals surface area contributed by atoms with E-state index in [0.717, 1.165) is 6.26 Å². The van der Waals surface area contributed by atoms with Crippen molar-refractivity contribution >= 4 is 5.97 Å². The van der Waals surface area contributed by atoms with Gasteiger partial charge in [-0.1, -0.05) is 0 Å². The Balaban J connectivity index is 2.93. The molecule has 1 rings (SSSR count). The number of rotatable bonds is 1. The molecule has 0 aliphatic heterocycles. The van der Waals surface area contributed by atoms with E-state index in [4.69, 9.17) is 0 Å². The van der Waals surface area contributed by atoms with Crippen molar-refractivity contribution in [3.8, 4) is 0 Å². The zero-order chi connectivity index (χ0) is 5.98. The van der Waals surface area contributed by atoms with E-state index < -0.39 is 5.97 Å². The molecule has 1 aromatic rings. The van der Waals surface area contributed by atoms with E-state index in [0.29, 0.717) is 0 Å². The second-order valence-electron chi connectivity index (χ2n) is 1.08. The van der Waals surface area contributed by atoms with Crippen LogP contribution in [0.1, 0.15) is 10.5 Å². The molecular weight excluding hydrogens is 112 g/mol. The van der Waals surface area contributed by atoms with Gasteiger partial charge in [-0.25, -0.2) is 9.90 Å². The topological polar surface area (TPSA) is 75.9 Å². The van der Waals surface area contributed by atoms with Crippen molar-refractivity contribution in [3.05, 3.63) is 12.0 Å². The molecule has 0 fully saturated rings. The van der Waals surface area contributed by atoms with Crippen LogP contribution in [0.3, 0.4) is 0 Å². The molecule has 0 aliphatic rings. The number of aromatic nitrogens is 2. The Morgan fingerprint density at radius 2 is 2.50 bits per heavy atom. The zero-order valence-corrected chi connectivity index (χ0v) is 3.70. The average Bonchev–Trinajstić information content (AvgIpc) is 2.12. The fraction of sp³-hybridized carbons (Fsp3) is 0. The van der Waals surface area contributed by atoms with Gasteiger partial charge in [0.15, 0.2) is 6.26 Å². The summed E-state index contributed by atoms with van der Waals surface area (Å²) in [6.45, 7) is 0. The maximum absolute atomic E-state index is 9.79. The van der Waals surface area contributed by atoms with E-state index >= 15 is 0 Å². The summed E-state index contributed by atoms with van der Waals surface area (Å²) < 4.78 is 4.09. The summed E-state index contributed by atoms with van der Waals surface area (Å²) >= 11 is 0. The van der Waals surface area contributed by atoms with Gasteiger partial charge in [0, 0.05) is 5.27 Å². The highest BCUT2D eigenvalue weighted by Gasteiger charge is 2.07. The lowest BCUT2D eigenvalue weighted by Gasteiger charge is -1.68. The molecule has 0 aromatic carbocycles. The molecule has 1 heterocycles. The minimum atomic E-state index is -1.38. The average molecular weight is 113 g/mol. The monoisotopic (exact) mass is 113 g/mol. The van der Waals surface area contributed by atoms with Crippen LogP contribution < -0.4 is 0 Å². The molecule has 0 atom stereocenters. The van der Waals surface area contributed by atoms with Crippen molar-refractivity contribution in [1.29, 1.82) is 0 Å². The van der Waals surface area contributed by atoms with Crippen molar-refractivity contribution in [2.75, 3.05) is 0 Å². The van der Waals surface area contributed by atoms with E-state index in [1.165, 1.54) is 0 Å². The van der Waals surface area contributed by atoms with Gasteiger partial charge in [0.2, 0.25) is 5.69 Å². The van der Waals surface area contributed by atoms with Crippen LogP contribution >= 0.6 is 0 Å².